The zero-order chi connectivity index (χ0) is 22.3. The topological polar surface area (TPSA) is 104 Å². The number of amides is 1. The Kier molecular flexibility index (Phi) is 5.04. The number of aromatic nitrogens is 6. The number of hydrogen-bond donors (Lipinski definition) is 2. The number of piperidine rings is 1. The second kappa shape index (κ2) is 7.89. The minimum Gasteiger partial charge on any atom is -0.355 e. The third-order valence-electron chi connectivity index (χ3n) is 5.31. The van der Waals surface area contributed by atoms with E-state index >= 15 is 0 Å². The minimum atomic E-state index is -4.65. The third-order valence-corrected chi connectivity index (χ3v) is 6.21. The predicted molar refractivity (Wildman–Crippen MR) is 111 cm³/mol. The van der Waals surface area contributed by atoms with E-state index in [0.717, 1.165) is 10.6 Å². The first-order valence-electron chi connectivity index (χ1n) is 9.83. The highest BCUT2D eigenvalue weighted by Crippen LogP contribution is 2.29. The monoisotopic (exact) mass is 462 g/mol. The highest BCUT2D eigenvalue weighted by Gasteiger charge is 2.38. The van der Waals surface area contributed by atoms with Crippen molar-refractivity contribution in [1.82, 2.24) is 30.0 Å². The van der Waals surface area contributed by atoms with Crippen LogP contribution in [0.4, 0.5) is 24.8 Å². The molecule has 4 aromatic rings. The summed E-state index contributed by atoms with van der Waals surface area (Å²) in [7, 11) is 0. The molecule has 0 aliphatic carbocycles. The van der Waals surface area contributed by atoms with Crippen LogP contribution in [0.15, 0.2) is 35.7 Å². The number of anilines is 2. The Morgan fingerprint density at radius 2 is 2.00 bits per heavy atom. The Labute approximate surface area is 183 Å². The van der Waals surface area contributed by atoms with Crippen molar-refractivity contribution in [1.29, 1.82) is 0 Å². The van der Waals surface area contributed by atoms with Crippen molar-refractivity contribution in [3.63, 3.8) is 0 Å². The molecule has 0 aromatic carbocycles. The van der Waals surface area contributed by atoms with Crippen LogP contribution in [-0.4, -0.2) is 49.0 Å². The summed E-state index contributed by atoms with van der Waals surface area (Å²) in [5.41, 5.74) is 0.857. The van der Waals surface area contributed by atoms with Gasteiger partial charge in [-0.15, -0.1) is 26.6 Å². The molecule has 0 bridgehead atoms. The first kappa shape index (κ1) is 20.4. The van der Waals surface area contributed by atoms with Crippen molar-refractivity contribution in [2.75, 3.05) is 23.3 Å². The molecule has 1 aliphatic rings. The van der Waals surface area contributed by atoms with Crippen molar-refractivity contribution in [2.24, 2.45) is 5.92 Å². The smallest absolute Gasteiger partial charge is 0.355 e. The molecule has 4 aromatic heterocycles. The van der Waals surface area contributed by atoms with Crippen molar-refractivity contribution < 1.29 is 18.0 Å². The van der Waals surface area contributed by atoms with E-state index in [9.17, 15) is 18.0 Å². The Morgan fingerprint density at radius 3 is 2.72 bits per heavy atom. The Balaban J connectivity index is 1.23. The molecule has 1 saturated heterocycles. The molecule has 0 saturated carbocycles. The molecule has 166 valence electrons. The zero-order valence-electron chi connectivity index (χ0n) is 16.5. The number of nitrogens with zero attached hydrogens (tertiary/aromatic N) is 6. The molecule has 1 amide bonds. The average Bonchev–Trinajstić information content (AvgIpc) is 3.52. The normalized spacial score (nSPS) is 15.4. The summed E-state index contributed by atoms with van der Waals surface area (Å²) in [5.74, 6) is -0.674. The lowest BCUT2D eigenvalue weighted by molar-refractivity contribution is -0.146. The van der Waals surface area contributed by atoms with Gasteiger partial charge in [0.2, 0.25) is 5.91 Å². The van der Waals surface area contributed by atoms with E-state index < -0.39 is 12.0 Å². The maximum absolute atomic E-state index is 13.1. The molecule has 1 aliphatic heterocycles. The summed E-state index contributed by atoms with van der Waals surface area (Å²) in [5, 5.41) is 22.6. The number of aromatic amines is 1. The predicted octanol–water partition coefficient (Wildman–Crippen LogP) is 3.45. The van der Waals surface area contributed by atoms with Gasteiger partial charge in [-0.1, -0.05) is 6.07 Å². The number of rotatable bonds is 4. The molecular formula is C19H17F3N8OS. The molecule has 0 spiro atoms. The van der Waals surface area contributed by atoms with Crippen LogP contribution in [0.5, 0.6) is 0 Å². The van der Waals surface area contributed by atoms with E-state index in [4.69, 9.17) is 0 Å². The van der Waals surface area contributed by atoms with Gasteiger partial charge in [0.15, 0.2) is 11.5 Å². The summed E-state index contributed by atoms with van der Waals surface area (Å²) in [4.78, 5) is 15.5. The number of thiophene rings is 1. The van der Waals surface area contributed by atoms with Crippen molar-refractivity contribution in [2.45, 2.75) is 19.0 Å². The minimum absolute atomic E-state index is 0.0243. The first-order chi connectivity index (χ1) is 15.4. The van der Waals surface area contributed by atoms with Gasteiger partial charge in [0.05, 0.1) is 10.6 Å². The van der Waals surface area contributed by atoms with Gasteiger partial charge in [-0.2, -0.15) is 22.8 Å². The maximum Gasteiger partial charge on any atom is 0.453 e. The van der Waals surface area contributed by atoms with E-state index in [1.54, 1.807) is 23.5 Å². The number of carbonyl (C=O) groups is 1. The largest absolute Gasteiger partial charge is 0.453 e. The van der Waals surface area contributed by atoms with Crippen molar-refractivity contribution >= 4 is 34.5 Å². The van der Waals surface area contributed by atoms with Gasteiger partial charge in [-0.05, 0) is 36.4 Å². The third kappa shape index (κ3) is 3.90. The maximum atomic E-state index is 13.1. The standard InChI is InChI=1S/C19H17F3N8OS/c20-19(21,22)18-27-26-15-3-4-16(28-30(15)18)29-7-5-11(6-8-29)17(31)23-14-10-12(24-25-14)13-2-1-9-32-13/h1-4,9-11H,5-8H2,(H2,23,24,25,31). The van der Waals surface area contributed by atoms with E-state index in [1.807, 2.05) is 22.4 Å². The van der Waals surface area contributed by atoms with Crippen molar-refractivity contribution in [3.8, 4) is 10.6 Å². The molecule has 2 N–H and O–H groups in total. The van der Waals surface area contributed by atoms with E-state index in [0.29, 0.717) is 42.1 Å². The number of H-pyrrole nitrogens is 1. The number of nitrogens with one attached hydrogen (secondary N) is 2. The Bertz CT molecular complexity index is 1240. The van der Waals surface area contributed by atoms with Gasteiger partial charge in [-0.25, -0.2) is 0 Å². The molecule has 5 heterocycles. The Hall–Kier alpha value is -3.48. The first-order valence-corrected chi connectivity index (χ1v) is 10.7. The molecule has 9 nitrogen and oxygen atoms in total. The molecular weight excluding hydrogens is 445 g/mol. The Morgan fingerprint density at radius 1 is 1.19 bits per heavy atom. The number of halogens is 3. The summed E-state index contributed by atoms with van der Waals surface area (Å²) < 4.78 is 40.0. The van der Waals surface area contributed by atoms with Crippen LogP contribution in [0.2, 0.25) is 0 Å². The van der Waals surface area contributed by atoms with Crippen LogP contribution in [0.1, 0.15) is 18.7 Å². The highest BCUT2D eigenvalue weighted by molar-refractivity contribution is 7.13. The molecule has 0 radical (unpaired) electrons. The van der Waals surface area contributed by atoms with Gasteiger partial charge >= 0.3 is 6.18 Å². The van der Waals surface area contributed by atoms with Gasteiger partial charge in [0.25, 0.3) is 5.82 Å². The number of alkyl halides is 3. The van der Waals surface area contributed by atoms with Crippen molar-refractivity contribution in [3.05, 3.63) is 41.5 Å². The quantitative estimate of drug-likeness (QED) is 0.482. The zero-order valence-corrected chi connectivity index (χ0v) is 17.3. The van der Waals surface area contributed by atoms with Crippen LogP contribution in [0.3, 0.4) is 0 Å². The fourth-order valence-corrected chi connectivity index (χ4v) is 4.36. The van der Waals surface area contributed by atoms with Crippen LogP contribution in [0, 0.1) is 5.92 Å². The van der Waals surface area contributed by atoms with Gasteiger partial charge in [-0.3, -0.25) is 9.89 Å². The number of fused-ring (bicyclic) bond motifs is 1. The number of hydrogen-bond acceptors (Lipinski definition) is 7. The lowest BCUT2D eigenvalue weighted by Crippen LogP contribution is -2.38. The molecule has 1 fully saturated rings. The SMILES string of the molecule is O=C(Nc1cc(-c2cccs2)[nH]n1)C1CCN(c2ccc3nnc(C(F)(F)F)n3n2)CC1. The number of carbonyl (C=O) groups excluding carboxylic acids is 1. The van der Waals surface area contributed by atoms with Crippen LogP contribution >= 0.6 is 11.3 Å². The van der Waals surface area contributed by atoms with E-state index in [-0.39, 0.29) is 17.5 Å². The van der Waals surface area contributed by atoms with Gasteiger partial charge in [0.1, 0.15) is 5.82 Å². The lowest BCUT2D eigenvalue weighted by Gasteiger charge is -2.31. The summed E-state index contributed by atoms with van der Waals surface area (Å²) in [6, 6.07) is 8.75. The van der Waals surface area contributed by atoms with E-state index in [1.165, 1.54) is 6.07 Å². The van der Waals surface area contributed by atoms with E-state index in [2.05, 4.69) is 30.8 Å². The molecule has 0 atom stereocenters. The second-order valence-corrected chi connectivity index (χ2v) is 8.33. The van der Waals surface area contributed by atoms with Crippen LogP contribution < -0.4 is 10.2 Å². The second-order valence-electron chi connectivity index (χ2n) is 7.38. The summed E-state index contributed by atoms with van der Waals surface area (Å²) in [6.07, 6.45) is -3.56. The fraction of sp³-hybridized carbons (Fsp3) is 0.316. The van der Waals surface area contributed by atoms with Crippen LogP contribution in [-0.2, 0) is 11.0 Å². The van der Waals surface area contributed by atoms with Crippen LogP contribution in [0.25, 0.3) is 16.2 Å². The lowest BCUT2D eigenvalue weighted by atomic mass is 9.96. The molecule has 13 heteroatoms. The summed E-state index contributed by atoms with van der Waals surface area (Å²) in [6.45, 7) is 0.974. The average molecular weight is 462 g/mol. The summed E-state index contributed by atoms with van der Waals surface area (Å²) >= 11 is 1.57. The van der Waals surface area contributed by atoms with Gasteiger partial charge in [0, 0.05) is 25.1 Å². The molecule has 0 unspecified atom stereocenters. The fourth-order valence-electron chi connectivity index (χ4n) is 3.67. The van der Waals surface area contributed by atoms with Gasteiger partial charge < -0.3 is 10.2 Å². The highest BCUT2D eigenvalue weighted by atomic mass is 32.1. The molecule has 32 heavy (non-hydrogen) atoms. The molecule has 5 rings (SSSR count).